The molecule has 0 fully saturated rings. The van der Waals surface area contributed by atoms with Gasteiger partial charge in [-0.25, -0.2) is 4.68 Å². The first-order valence-electron chi connectivity index (χ1n) is 7.41. The average Bonchev–Trinajstić information content (AvgIpc) is 3.05. The molecule has 3 rings (SSSR count). The Bertz CT molecular complexity index is 828. The number of nitrogens with one attached hydrogen (secondary N) is 1. The predicted octanol–water partition coefficient (Wildman–Crippen LogP) is 4.15. The first-order chi connectivity index (χ1) is 11.6. The SMILES string of the molecule is O=C(Cc1ccc(Br)cc1)NCc1cnn(-c2ccc(Cl)cc2)c1. The summed E-state index contributed by atoms with van der Waals surface area (Å²) < 4.78 is 2.76. The van der Waals surface area contributed by atoms with Crippen molar-refractivity contribution in [2.45, 2.75) is 13.0 Å². The van der Waals surface area contributed by atoms with Crippen molar-refractivity contribution >= 4 is 33.4 Å². The van der Waals surface area contributed by atoms with Gasteiger partial charge in [0.15, 0.2) is 0 Å². The minimum atomic E-state index is -0.0171. The largest absolute Gasteiger partial charge is 0.352 e. The van der Waals surface area contributed by atoms with Crippen molar-refractivity contribution in [1.82, 2.24) is 15.1 Å². The first-order valence-corrected chi connectivity index (χ1v) is 8.58. The van der Waals surface area contributed by atoms with Crippen LogP contribution in [0.2, 0.25) is 5.02 Å². The third-order valence-corrected chi connectivity index (χ3v) is 4.28. The molecule has 0 unspecified atom stereocenters. The number of rotatable bonds is 5. The van der Waals surface area contributed by atoms with Crippen LogP contribution >= 0.6 is 27.5 Å². The third kappa shape index (κ3) is 4.46. The molecule has 0 bridgehead atoms. The lowest BCUT2D eigenvalue weighted by Crippen LogP contribution is -2.24. The second-order valence-electron chi connectivity index (χ2n) is 5.35. The number of aromatic nitrogens is 2. The van der Waals surface area contributed by atoms with E-state index in [1.165, 1.54) is 0 Å². The summed E-state index contributed by atoms with van der Waals surface area (Å²) in [6, 6.07) is 15.1. The number of hydrogen-bond acceptors (Lipinski definition) is 2. The van der Waals surface area contributed by atoms with Crippen molar-refractivity contribution < 1.29 is 4.79 Å². The molecule has 122 valence electrons. The van der Waals surface area contributed by atoms with E-state index in [2.05, 4.69) is 26.3 Å². The highest BCUT2D eigenvalue weighted by Crippen LogP contribution is 2.14. The quantitative estimate of drug-likeness (QED) is 0.694. The Labute approximate surface area is 153 Å². The zero-order valence-corrected chi connectivity index (χ0v) is 15.1. The fraction of sp³-hybridized carbons (Fsp3) is 0.111. The Balaban J connectivity index is 1.56. The monoisotopic (exact) mass is 403 g/mol. The number of hydrogen-bond donors (Lipinski definition) is 1. The fourth-order valence-electron chi connectivity index (χ4n) is 2.24. The molecular weight excluding hydrogens is 390 g/mol. The minimum absolute atomic E-state index is 0.0171. The van der Waals surface area contributed by atoms with E-state index in [0.29, 0.717) is 18.0 Å². The van der Waals surface area contributed by atoms with E-state index >= 15 is 0 Å². The van der Waals surface area contributed by atoms with Crippen molar-refractivity contribution in [3.63, 3.8) is 0 Å². The number of amides is 1. The van der Waals surface area contributed by atoms with Gasteiger partial charge in [-0.2, -0.15) is 5.10 Å². The van der Waals surface area contributed by atoms with Crippen LogP contribution in [0.15, 0.2) is 65.4 Å². The second kappa shape index (κ2) is 7.64. The van der Waals surface area contributed by atoms with Crippen LogP contribution in [-0.4, -0.2) is 15.7 Å². The minimum Gasteiger partial charge on any atom is -0.352 e. The molecule has 1 amide bonds. The third-order valence-electron chi connectivity index (χ3n) is 3.49. The number of carbonyl (C=O) groups is 1. The van der Waals surface area contributed by atoms with Crippen LogP contribution < -0.4 is 5.32 Å². The van der Waals surface area contributed by atoms with Crippen molar-refractivity contribution in [2.24, 2.45) is 0 Å². The normalized spacial score (nSPS) is 10.6. The van der Waals surface area contributed by atoms with E-state index in [4.69, 9.17) is 11.6 Å². The molecule has 0 aliphatic rings. The number of benzene rings is 2. The molecule has 0 spiro atoms. The maximum absolute atomic E-state index is 12.0. The molecule has 1 heterocycles. The van der Waals surface area contributed by atoms with Gasteiger partial charge in [-0.1, -0.05) is 39.7 Å². The Hall–Kier alpha value is -2.11. The smallest absolute Gasteiger partial charge is 0.224 e. The van der Waals surface area contributed by atoms with Crippen molar-refractivity contribution in [3.8, 4) is 5.69 Å². The van der Waals surface area contributed by atoms with Crippen LogP contribution in [0.5, 0.6) is 0 Å². The van der Waals surface area contributed by atoms with Gasteiger partial charge in [0.25, 0.3) is 0 Å². The highest BCUT2D eigenvalue weighted by molar-refractivity contribution is 9.10. The number of halogens is 2. The van der Waals surface area contributed by atoms with Gasteiger partial charge in [-0.05, 0) is 42.0 Å². The zero-order chi connectivity index (χ0) is 16.9. The summed E-state index contributed by atoms with van der Waals surface area (Å²) in [6.45, 7) is 0.447. The molecule has 1 aromatic heterocycles. The van der Waals surface area contributed by atoms with E-state index in [1.54, 1.807) is 10.9 Å². The Morgan fingerprint density at radius 3 is 2.50 bits per heavy atom. The predicted molar refractivity (Wildman–Crippen MR) is 98.3 cm³/mol. The summed E-state index contributed by atoms with van der Waals surface area (Å²) in [5.41, 5.74) is 2.84. The summed E-state index contributed by atoms with van der Waals surface area (Å²) in [5.74, 6) is -0.0171. The van der Waals surface area contributed by atoms with Gasteiger partial charge in [-0.15, -0.1) is 0 Å². The molecule has 2 aromatic carbocycles. The van der Waals surface area contributed by atoms with Crippen molar-refractivity contribution in [1.29, 1.82) is 0 Å². The molecule has 6 heteroatoms. The summed E-state index contributed by atoms with van der Waals surface area (Å²) in [5, 5.41) is 7.90. The van der Waals surface area contributed by atoms with Crippen LogP contribution in [0.1, 0.15) is 11.1 Å². The fourth-order valence-corrected chi connectivity index (χ4v) is 2.63. The van der Waals surface area contributed by atoms with Crippen LogP contribution in [0, 0.1) is 0 Å². The van der Waals surface area contributed by atoms with Gasteiger partial charge in [0.1, 0.15) is 0 Å². The molecule has 0 aliphatic heterocycles. The van der Waals surface area contributed by atoms with Crippen LogP contribution in [0.3, 0.4) is 0 Å². The lowest BCUT2D eigenvalue weighted by Gasteiger charge is -2.04. The van der Waals surface area contributed by atoms with Crippen LogP contribution in [0.25, 0.3) is 5.69 Å². The molecule has 0 atom stereocenters. The maximum atomic E-state index is 12.0. The summed E-state index contributed by atoms with van der Waals surface area (Å²) in [6.07, 6.45) is 4.00. The lowest BCUT2D eigenvalue weighted by molar-refractivity contribution is -0.120. The standard InChI is InChI=1S/C18H15BrClN3O/c19-15-3-1-13(2-4-15)9-18(24)21-10-14-11-22-23(12-14)17-7-5-16(20)6-8-17/h1-8,11-12H,9-10H2,(H,21,24). The van der Waals surface area contributed by atoms with Gasteiger partial charge < -0.3 is 5.32 Å². The molecule has 0 saturated carbocycles. The second-order valence-corrected chi connectivity index (χ2v) is 6.70. The van der Waals surface area contributed by atoms with E-state index in [-0.39, 0.29) is 5.91 Å². The zero-order valence-electron chi connectivity index (χ0n) is 12.7. The molecular formula is C18H15BrClN3O. The highest BCUT2D eigenvalue weighted by atomic mass is 79.9. The van der Waals surface area contributed by atoms with Gasteiger partial charge >= 0.3 is 0 Å². The van der Waals surface area contributed by atoms with Gasteiger partial charge in [-0.3, -0.25) is 4.79 Å². The molecule has 0 aliphatic carbocycles. The van der Waals surface area contributed by atoms with E-state index in [9.17, 15) is 4.79 Å². The first kappa shape index (κ1) is 16.7. The average molecular weight is 405 g/mol. The number of carbonyl (C=O) groups excluding carboxylic acids is 1. The molecule has 4 nitrogen and oxygen atoms in total. The van der Waals surface area contributed by atoms with E-state index in [1.807, 2.05) is 54.7 Å². The molecule has 24 heavy (non-hydrogen) atoms. The Morgan fingerprint density at radius 2 is 1.79 bits per heavy atom. The van der Waals surface area contributed by atoms with E-state index < -0.39 is 0 Å². The van der Waals surface area contributed by atoms with Crippen molar-refractivity contribution in [3.05, 3.63) is 81.5 Å². The van der Waals surface area contributed by atoms with Crippen molar-refractivity contribution in [2.75, 3.05) is 0 Å². The topological polar surface area (TPSA) is 46.9 Å². The summed E-state index contributed by atoms with van der Waals surface area (Å²) in [4.78, 5) is 12.0. The maximum Gasteiger partial charge on any atom is 0.224 e. The highest BCUT2D eigenvalue weighted by Gasteiger charge is 2.05. The Kier molecular flexibility index (Phi) is 5.33. The van der Waals surface area contributed by atoms with Crippen LogP contribution in [0.4, 0.5) is 0 Å². The number of nitrogens with zero attached hydrogens (tertiary/aromatic N) is 2. The summed E-state index contributed by atoms with van der Waals surface area (Å²) in [7, 11) is 0. The molecule has 0 saturated heterocycles. The summed E-state index contributed by atoms with van der Waals surface area (Å²) >= 11 is 9.27. The molecule has 3 aromatic rings. The Morgan fingerprint density at radius 1 is 1.08 bits per heavy atom. The van der Waals surface area contributed by atoms with E-state index in [0.717, 1.165) is 21.3 Å². The van der Waals surface area contributed by atoms with Gasteiger partial charge in [0.05, 0.1) is 18.3 Å². The van der Waals surface area contributed by atoms with Crippen LogP contribution in [-0.2, 0) is 17.8 Å². The van der Waals surface area contributed by atoms with Gasteiger partial charge in [0, 0.05) is 27.8 Å². The molecule has 0 radical (unpaired) electrons. The molecule has 1 N–H and O–H groups in total. The lowest BCUT2D eigenvalue weighted by atomic mass is 10.1. The van der Waals surface area contributed by atoms with Gasteiger partial charge in [0.2, 0.25) is 5.91 Å².